The number of halogens is 1. The minimum Gasteiger partial charge on any atom is -0.477 e. The highest BCUT2D eigenvalue weighted by Gasteiger charge is 2.36. The summed E-state index contributed by atoms with van der Waals surface area (Å²) in [6, 6.07) is 6.78. The number of nitrogens with one attached hydrogen (secondary N) is 1. The van der Waals surface area contributed by atoms with Crippen molar-refractivity contribution in [1.29, 1.82) is 0 Å². The van der Waals surface area contributed by atoms with Crippen molar-refractivity contribution >= 4 is 5.91 Å². The summed E-state index contributed by atoms with van der Waals surface area (Å²) in [6.45, 7) is 1.38. The van der Waals surface area contributed by atoms with Crippen molar-refractivity contribution in [3.8, 4) is 5.75 Å². The Labute approximate surface area is 133 Å². The van der Waals surface area contributed by atoms with E-state index in [1.165, 1.54) is 6.07 Å². The van der Waals surface area contributed by atoms with E-state index in [-0.39, 0.29) is 17.6 Å². The summed E-state index contributed by atoms with van der Waals surface area (Å²) in [5, 5.41) is 6.98. The van der Waals surface area contributed by atoms with Gasteiger partial charge in [0.1, 0.15) is 0 Å². The molecule has 120 valence electrons. The van der Waals surface area contributed by atoms with Crippen molar-refractivity contribution in [1.82, 2.24) is 15.1 Å². The summed E-state index contributed by atoms with van der Waals surface area (Å²) in [4.78, 5) is 14.6. The van der Waals surface area contributed by atoms with Crippen LogP contribution in [0.25, 0.3) is 0 Å². The third kappa shape index (κ3) is 2.58. The van der Waals surface area contributed by atoms with E-state index in [0.29, 0.717) is 13.0 Å². The maximum Gasteiger partial charge on any atom is 0.264 e. The lowest BCUT2D eigenvalue weighted by Gasteiger charge is -2.33. The van der Waals surface area contributed by atoms with Crippen LogP contribution in [-0.2, 0) is 11.2 Å². The Bertz CT molecular complexity index is 717. The van der Waals surface area contributed by atoms with Crippen LogP contribution in [0.2, 0.25) is 0 Å². The number of ether oxygens (including phenoxy) is 1. The van der Waals surface area contributed by atoms with Crippen molar-refractivity contribution in [2.45, 2.75) is 31.3 Å². The van der Waals surface area contributed by atoms with Gasteiger partial charge in [-0.1, -0.05) is 12.1 Å². The highest BCUT2D eigenvalue weighted by Crippen LogP contribution is 2.33. The standard InChI is InChI=1S/C17H18FN3O2/c18-13-5-1-3-11-9-15(23-16(11)13)17(22)21-8-2-4-12(10-21)14-6-7-19-20-14/h1,3,5-7,12,15H,2,4,8-10H2,(H,19,20)/t12-,15-/m0/s1. The summed E-state index contributed by atoms with van der Waals surface area (Å²) in [5.74, 6) is 0.0558. The van der Waals surface area contributed by atoms with Crippen LogP contribution in [0.1, 0.15) is 30.0 Å². The van der Waals surface area contributed by atoms with Crippen LogP contribution in [0.4, 0.5) is 4.39 Å². The zero-order valence-electron chi connectivity index (χ0n) is 12.7. The number of nitrogens with zero attached hydrogens (tertiary/aromatic N) is 2. The van der Waals surface area contributed by atoms with Gasteiger partial charge in [0.15, 0.2) is 17.7 Å². The molecule has 2 aromatic rings. The average molecular weight is 315 g/mol. The molecule has 1 aromatic carbocycles. The number of rotatable bonds is 2. The number of hydrogen-bond donors (Lipinski definition) is 1. The molecule has 5 nitrogen and oxygen atoms in total. The Morgan fingerprint density at radius 1 is 1.39 bits per heavy atom. The predicted octanol–water partition coefficient (Wildman–Crippen LogP) is 2.26. The zero-order chi connectivity index (χ0) is 15.8. The van der Waals surface area contributed by atoms with Crippen molar-refractivity contribution < 1.29 is 13.9 Å². The van der Waals surface area contributed by atoms with E-state index in [0.717, 1.165) is 30.6 Å². The normalized spacial score (nSPS) is 23.4. The highest BCUT2D eigenvalue weighted by molar-refractivity contribution is 5.82. The molecule has 2 aliphatic heterocycles. The molecule has 3 heterocycles. The third-order valence-electron chi connectivity index (χ3n) is 4.68. The van der Waals surface area contributed by atoms with Crippen LogP contribution in [0.3, 0.4) is 0 Å². The fourth-order valence-electron chi connectivity index (χ4n) is 3.50. The monoisotopic (exact) mass is 315 g/mol. The molecule has 23 heavy (non-hydrogen) atoms. The van der Waals surface area contributed by atoms with Gasteiger partial charge in [-0.15, -0.1) is 0 Å². The van der Waals surface area contributed by atoms with Gasteiger partial charge in [-0.25, -0.2) is 4.39 Å². The molecule has 1 saturated heterocycles. The maximum atomic E-state index is 13.8. The molecule has 0 aliphatic carbocycles. The molecule has 0 spiro atoms. The van der Waals surface area contributed by atoms with Gasteiger partial charge in [0.05, 0.1) is 0 Å². The summed E-state index contributed by atoms with van der Waals surface area (Å²) >= 11 is 0. The number of aromatic nitrogens is 2. The van der Waals surface area contributed by atoms with E-state index in [4.69, 9.17) is 4.74 Å². The molecule has 1 amide bonds. The summed E-state index contributed by atoms with van der Waals surface area (Å²) in [5.41, 5.74) is 1.83. The Morgan fingerprint density at radius 2 is 2.30 bits per heavy atom. The van der Waals surface area contributed by atoms with Crippen molar-refractivity contribution in [2.24, 2.45) is 0 Å². The minimum atomic E-state index is -0.609. The Kier molecular flexibility index (Phi) is 3.52. The van der Waals surface area contributed by atoms with E-state index < -0.39 is 11.9 Å². The number of H-pyrrole nitrogens is 1. The Hall–Kier alpha value is -2.37. The molecule has 2 atom stereocenters. The van der Waals surface area contributed by atoms with Crippen molar-refractivity contribution in [3.63, 3.8) is 0 Å². The molecule has 6 heteroatoms. The molecule has 0 saturated carbocycles. The SMILES string of the molecule is O=C([C@@H]1Cc2cccc(F)c2O1)N1CCC[C@H](c2ccn[nH]2)C1. The third-order valence-corrected chi connectivity index (χ3v) is 4.68. The van der Waals surface area contributed by atoms with Gasteiger partial charge in [0.25, 0.3) is 5.91 Å². The summed E-state index contributed by atoms with van der Waals surface area (Å²) in [6.07, 6.45) is 3.55. The van der Waals surface area contributed by atoms with Gasteiger partial charge < -0.3 is 9.64 Å². The number of fused-ring (bicyclic) bond motifs is 1. The molecule has 2 aliphatic rings. The van der Waals surface area contributed by atoms with Crippen LogP contribution in [0.5, 0.6) is 5.75 Å². The van der Waals surface area contributed by atoms with Crippen LogP contribution in [0.15, 0.2) is 30.5 Å². The number of likely N-dealkylation sites (tertiary alicyclic amines) is 1. The number of para-hydroxylation sites is 1. The fraction of sp³-hybridized carbons (Fsp3) is 0.412. The Morgan fingerprint density at radius 3 is 3.09 bits per heavy atom. The quantitative estimate of drug-likeness (QED) is 0.925. The fourth-order valence-corrected chi connectivity index (χ4v) is 3.50. The van der Waals surface area contributed by atoms with Crippen LogP contribution >= 0.6 is 0 Å². The number of piperidine rings is 1. The Balaban J connectivity index is 1.47. The molecule has 0 bridgehead atoms. The number of carbonyl (C=O) groups excluding carboxylic acids is 1. The van der Waals surface area contributed by atoms with E-state index in [1.807, 2.05) is 17.0 Å². The number of hydrogen-bond acceptors (Lipinski definition) is 3. The molecule has 1 aromatic heterocycles. The molecule has 0 radical (unpaired) electrons. The maximum absolute atomic E-state index is 13.8. The number of benzene rings is 1. The van der Waals surface area contributed by atoms with Gasteiger partial charge in [-0.2, -0.15) is 5.10 Å². The van der Waals surface area contributed by atoms with E-state index >= 15 is 0 Å². The second-order valence-electron chi connectivity index (χ2n) is 6.17. The summed E-state index contributed by atoms with van der Waals surface area (Å²) in [7, 11) is 0. The van der Waals surface area contributed by atoms with Gasteiger partial charge >= 0.3 is 0 Å². The number of carbonyl (C=O) groups is 1. The predicted molar refractivity (Wildman–Crippen MR) is 81.7 cm³/mol. The number of amides is 1. The lowest BCUT2D eigenvalue weighted by Crippen LogP contribution is -2.46. The average Bonchev–Trinajstić information content (AvgIpc) is 3.24. The first-order chi connectivity index (χ1) is 11.2. The molecule has 1 fully saturated rings. The smallest absolute Gasteiger partial charge is 0.264 e. The second-order valence-corrected chi connectivity index (χ2v) is 6.17. The van der Waals surface area contributed by atoms with Crippen LogP contribution in [0, 0.1) is 5.82 Å². The zero-order valence-corrected chi connectivity index (χ0v) is 12.7. The van der Waals surface area contributed by atoms with E-state index in [2.05, 4.69) is 10.2 Å². The van der Waals surface area contributed by atoms with E-state index in [9.17, 15) is 9.18 Å². The lowest BCUT2D eigenvalue weighted by atomic mass is 9.94. The van der Waals surface area contributed by atoms with Gasteiger partial charge in [0.2, 0.25) is 0 Å². The van der Waals surface area contributed by atoms with Crippen molar-refractivity contribution in [3.05, 3.63) is 47.5 Å². The first-order valence-corrected chi connectivity index (χ1v) is 7.94. The largest absolute Gasteiger partial charge is 0.477 e. The summed E-state index contributed by atoms with van der Waals surface area (Å²) < 4.78 is 19.3. The van der Waals surface area contributed by atoms with Gasteiger partial charge in [-0.05, 0) is 25.0 Å². The van der Waals surface area contributed by atoms with Crippen molar-refractivity contribution in [2.75, 3.05) is 13.1 Å². The number of aromatic amines is 1. The highest BCUT2D eigenvalue weighted by atomic mass is 19.1. The first-order valence-electron chi connectivity index (χ1n) is 7.94. The van der Waals surface area contributed by atoms with Crippen LogP contribution < -0.4 is 4.74 Å². The molecule has 0 unspecified atom stereocenters. The second kappa shape index (κ2) is 5.68. The lowest BCUT2D eigenvalue weighted by molar-refractivity contribution is -0.139. The van der Waals surface area contributed by atoms with E-state index in [1.54, 1.807) is 12.3 Å². The molecule has 1 N–H and O–H groups in total. The van der Waals surface area contributed by atoms with Gasteiger partial charge in [-0.3, -0.25) is 9.89 Å². The molecular weight excluding hydrogens is 297 g/mol. The first kappa shape index (κ1) is 14.2. The minimum absolute atomic E-state index is 0.0511. The van der Waals surface area contributed by atoms with Crippen LogP contribution in [-0.4, -0.2) is 40.2 Å². The molecule has 4 rings (SSSR count). The topological polar surface area (TPSA) is 58.2 Å². The van der Waals surface area contributed by atoms with Gasteiger partial charge in [0, 0.05) is 42.9 Å². The molecular formula is C17H18FN3O2.